The molecule has 3 N–H and O–H groups in total. The second kappa shape index (κ2) is 9.92. The predicted octanol–water partition coefficient (Wildman–Crippen LogP) is 4.39. The molecule has 4 atom stereocenters. The predicted molar refractivity (Wildman–Crippen MR) is 139 cm³/mol. The maximum atomic E-state index is 15.8. The van der Waals surface area contributed by atoms with Crippen molar-refractivity contribution in [2.45, 2.75) is 70.4 Å². The summed E-state index contributed by atoms with van der Waals surface area (Å²) in [6.07, 6.45) is -1.18. The van der Waals surface area contributed by atoms with Crippen LogP contribution >= 0.6 is 33.9 Å². The van der Waals surface area contributed by atoms with Crippen LogP contribution in [-0.2, 0) is 13.9 Å². The Morgan fingerprint density at radius 3 is 2.72 bits per heavy atom. The first-order valence-corrected chi connectivity index (χ1v) is 15.5. The van der Waals surface area contributed by atoms with Crippen LogP contribution in [0.1, 0.15) is 33.9 Å². The number of hydrogen-bond acceptors (Lipinski definition) is 6. The first-order valence-electron chi connectivity index (χ1n) is 10.5. The molecule has 2 aromatic rings. The van der Waals surface area contributed by atoms with Crippen LogP contribution < -0.4 is 5.73 Å². The molecule has 3 heterocycles. The quantitative estimate of drug-likeness (QED) is 0.196. The molecular formula is C20H32FIN4O4SSi. The average molecular weight is 599 g/mol. The van der Waals surface area contributed by atoms with Gasteiger partial charge in [-0.15, -0.1) is 11.4 Å². The van der Waals surface area contributed by atoms with Crippen molar-refractivity contribution < 1.29 is 23.4 Å². The van der Waals surface area contributed by atoms with E-state index in [0.717, 1.165) is 3.57 Å². The van der Waals surface area contributed by atoms with Gasteiger partial charge in [-0.3, -0.25) is 0 Å². The summed E-state index contributed by atoms with van der Waals surface area (Å²) >= 11 is 2.71. The zero-order valence-electron chi connectivity index (χ0n) is 19.2. The van der Waals surface area contributed by atoms with Gasteiger partial charge in [0.2, 0.25) is 5.24 Å². The highest BCUT2D eigenvalue weighted by atomic mass is 127. The van der Waals surface area contributed by atoms with Crippen molar-refractivity contribution in [2.24, 2.45) is 0 Å². The van der Waals surface area contributed by atoms with Gasteiger partial charge >= 0.3 is 0 Å². The smallest absolute Gasteiger partial charge is 0.205 e. The molecule has 32 heavy (non-hydrogen) atoms. The average Bonchev–Trinajstić information content (AvgIpc) is 3.18. The van der Waals surface area contributed by atoms with Gasteiger partial charge in [-0.1, -0.05) is 27.7 Å². The van der Waals surface area contributed by atoms with Gasteiger partial charge < -0.3 is 29.3 Å². The molecule has 0 bridgehead atoms. The maximum absolute atomic E-state index is 15.8. The number of hydrogen-bond donors (Lipinski definition) is 3. The molecule has 0 saturated carbocycles. The van der Waals surface area contributed by atoms with Gasteiger partial charge in [0, 0.05) is 9.77 Å². The molecule has 180 valence electrons. The lowest BCUT2D eigenvalue weighted by atomic mass is 10.1. The molecule has 1 saturated heterocycles. The van der Waals surface area contributed by atoms with Gasteiger partial charge in [-0.25, -0.2) is 14.4 Å². The van der Waals surface area contributed by atoms with E-state index in [2.05, 4.69) is 66.4 Å². The van der Waals surface area contributed by atoms with Crippen LogP contribution in [-0.4, -0.2) is 63.9 Å². The van der Waals surface area contributed by atoms with Crippen molar-refractivity contribution >= 4 is 64.3 Å². The third-order valence-electron chi connectivity index (χ3n) is 6.08. The topological polar surface area (TPSA) is 105 Å². The highest BCUT2D eigenvalue weighted by molar-refractivity contribution is 14.1. The van der Waals surface area contributed by atoms with Crippen molar-refractivity contribution in [1.82, 2.24) is 14.5 Å². The molecule has 0 radical (unpaired) electrons. The van der Waals surface area contributed by atoms with Crippen molar-refractivity contribution in [1.29, 1.82) is 0 Å². The van der Waals surface area contributed by atoms with Gasteiger partial charge in [0.25, 0.3) is 0 Å². The summed E-state index contributed by atoms with van der Waals surface area (Å²) in [4.78, 5) is 8.33. The van der Waals surface area contributed by atoms with Crippen LogP contribution in [0.5, 0.6) is 0 Å². The molecular weight excluding hydrogens is 566 g/mol. The van der Waals surface area contributed by atoms with Crippen molar-refractivity contribution in [3.8, 4) is 0 Å². The Bertz CT molecular complexity index is 1000. The van der Waals surface area contributed by atoms with Crippen LogP contribution in [0.15, 0.2) is 12.5 Å². The second-order valence-corrected chi connectivity index (χ2v) is 16.6. The van der Waals surface area contributed by atoms with E-state index in [1.54, 1.807) is 10.8 Å². The molecule has 3 rings (SSSR count). The number of aliphatic hydroxyl groups is 1. The largest absolute Gasteiger partial charge is 0.414 e. The van der Waals surface area contributed by atoms with E-state index in [4.69, 9.17) is 19.6 Å². The molecule has 0 aliphatic carbocycles. The standard InChI is InChI=1S/C20H32FIN4O4SSi/c1-7-31-19(27)30-15-12(9-28-32(5,6)20(2,3)4)29-18(14(15)21)26-8-11(22)13-16(23)24-10-25-17(13)26/h8,10,12,14-15,18,27,31H,7,9H2,1-6H3,(H2,23,24,25)/t12-,14+,15-,18-/m1/s1. The third-order valence-corrected chi connectivity index (χ3v) is 12.1. The molecule has 1 aliphatic heterocycles. The van der Waals surface area contributed by atoms with Crippen LogP contribution in [0.2, 0.25) is 18.1 Å². The van der Waals surface area contributed by atoms with E-state index in [1.165, 1.54) is 6.33 Å². The number of fused-ring (bicyclic) bond motifs is 1. The Labute approximate surface area is 206 Å². The molecule has 1 aliphatic rings. The van der Waals surface area contributed by atoms with Crippen LogP contribution in [0, 0.1) is 3.57 Å². The number of halogens is 2. The van der Waals surface area contributed by atoms with E-state index in [-0.39, 0.29) is 16.9 Å². The first kappa shape index (κ1) is 26.0. The van der Waals surface area contributed by atoms with E-state index >= 15 is 4.39 Å². The van der Waals surface area contributed by atoms with Crippen LogP contribution in [0.4, 0.5) is 10.2 Å². The Morgan fingerprint density at radius 2 is 2.09 bits per heavy atom. The van der Waals surface area contributed by atoms with Gasteiger partial charge in [0.1, 0.15) is 30.0 Å². The normalized spacial score (nSPS) is 25.3. The van der Waals surface area contributed by atoms with Gasteiger partial charge in [-0.2, -0.15) is 0 Å². The summed E-state index contributed by atoms with van der Waals surface area (Å²) < 4.78 is 36.3. The number of alkyl halides is 1. The Morgan fingerprint density at radius 1 is 1.41 bits per heavy atom. The Balaban J connectivity index is 1.93. The Hall–Kier alpha value is -0.643. The van der Waals surface area contributed by atoms with E-state index in [9.17, 15) is 5.11 Å². The number of thiol groups is 1. The van der Waals surface area contributed by atoms with E-state index in [0.29, 0.717) is 34.0 Å². The van der Waals surface area contributed by atoms with Crippen molar-refractivity contribution in [2.75, 3.05) is 18.1 Å². The number of ether oxygens (including phenoxy) is 2. The summed E-state index contributed by atoms with van der Waals surface area (Å²) in [5.41, 5.74) is 6.50. The number of nitrogen functional groups attached to an aromatic ring is 1. The molecule has 2 aromatic heterocycles. The molecule has 0 spiro atoms. The number of rotatable bonds is 6. The SMILES string of the molecule is CC[SH]=C(O)O[C@H]1[C@H](F)[C@H](n2cc(I)c3c(N)ncnc32)O[C@@H]1CO[Si](C)(C)C(C)(C)C. The van der Waals surface area contributed by atoms with E-state index in [1.807, 2.05) is 6.92 Å². The third kappa shape index (κ3) is 5.20. The Kier molecular flexibility index (Phi) is 8.05. The molecule has 8 nitrogen and oxygen atoms in total. The molecule has 0 unspecified atom stereocenters. The molecule has 1 fully saturated rings. The summed E-state index contributed by atoms with van der Waals surface area (Å²) in [6.45, 7) is 12.7. The lowest BCUT2D eigenvalue weighted by molar-refractivity contribution is -0.0432. The number of nitrogens with zero attached hydrogens (tertiary/aromatic N) is 3. The highest BCUT2D eigenvalue weighted by Crippen LogP contribution is 2.40. The summed E-state index contributed by atoms with van der Waals surface area (Å²) in [5, 5.41) is 10.6. The molecule has 12 heteroatoms. The van der Waals surface area contributed by atoms with Gasteiger partial charge in [0.15, 0.2) is 20.7 Å². The summed E-state index contributed by atoms with van der Waals surface area (Å²) in [6, 6.07) is 0. The summed E-state index contributed by atoms with van der Waals surface area (Å²) in [5.74, 6) is 0.978. The monoisotopic (exact) mass is 598 g/mol. The lowest BCUT2D eigenvalue weighted by Crippen LogP contribution is -2.45. The fourth-order valence-electron chi connectivity index (χ4n) is 3.25. The maximum Gasteiger partial charge on any atom is 0.205 e. The van der Waals surface area contributed by atoms with Gasteiger partial charge in [-0.05, 0) is 46.5 Å². The summed E-state index contributed by atoms with van der Waals surface area (Å²) in [7, 11) is -2.10. The van der Waals surface area contributed by atoms with Crippen molar-refractivity contribution in [3.05, 3.63) is 16.1 Å². The molecule has 0 aromatic carbocycles. The fourth-order valence-corrected chi connectivity index (χ4v) is 5.55. The minimum absolute atomic E-state index is 0.00719. The molecule has 0 amide bonds. The number of aliphatic hydroxyl groups excluding tert-OH is 1. The van der Waals surface area contributed by atoms with Crippen molar-refractivity contribution in [3.63, 3.8) is 0 Å². The minimum Gasteiger partial charge on any atom is -0.414 e. The zero-order chi connectivity index (χ0) is 23.8. The number of aromatic nitrogens is 3. The van der Waals surface area contributed by atoms with Crippen LogP contribution in [0.25, 0.3) is 11.0 Å². The minimum atomic E-state index is -2.10. The first-order chi connectivity index (χ1) is 14.9. The van der Waals surface area contributed by atoms with E-state index < -0.39 is 32.9 Å². The number of anilines is 1. The zero-order valence-corrected chi connectivity index (χ0v) is 23.2. The second-order valence-electron chi connectivity index (χ2n) is 9.26. The number of nitrogens with two attached hydrogens (primary N) is 1. The fraction of sp³-hybridized carbons (Fsp3) is 0.650. The lowest BCUT2D eigenvalue weighted by Gasteiger charge is -2.37. The van der Waals surface area contributed by atoms with Crippen LogP contribution in [0.3, 0.4) is 0 Å². The van der Waals surface area contributed by atoms with Gasteiger partial charge in [0.05, 0.1) is 12.0 Å². The highest BCUT2D eigenvalue weighted by Gasteiger charge is 2.49.